The summed E-state index contributed by atoms with van der Waals surface area (Å²) in [6.07, 6.45) is 1.76. The van der Waals surface area contributed by atoms with Crippen molar-refractivity contribution < 1.29 is 4.74 Å². The first-order valence-electron chi connectivity index (χ1n) is 6.98. The van der Waals surface area contributed by atoms with E-state index in [0.29, 0.717) is 27.2 Å². The molecule has 0 radical (unpaired) electrons. The molecule has 3 nitrogen and oxygen atoms in total. The molecule has 2 aromatic rings. The molecule has 22 heavy (non-hydrogen) atoms. The number of aryl methyl sites for hydroxylation is 1. The lowest BCUT2D eigenvalue weighted by Gasteiger charge is -2.12. The van der Waals surface area contributed by atoms with E-state index in [1.807, 2.05) is 43.1 Å². The number of hydrogen-bond acceptors (Lipinski definition) is 2. The number of ether oxygens (including phenoxy) is 1. The van der Waals surface area contributed by atoms with E-state index < -0.39 is 0 Å². The molecule has 0 bridgehead atoms. The molecule has 0 fully saturated rings. The molecule has 0 unspecified atom stereocenters. The Labute approximate surface area is 141 Å². The van der Waals surface area contributed by atoms with Crippen molar-refractivity contribution in [3.63, 3.8) is 0 Å². The minimum absolute atomic E-state index is 0.536. The molecule has 0 aliphatic heterocycles. The van der Waals surface area contributed by atoms with Gasteiger partial charge in [-0.15, -0.1) is 0 Å². The van der Waals surface area contributed by atoms with Crippen LogP contribution in [-0.2, 0) is 0 Å². The van der Waals surface area contributed by atoms with Gasteiger partial charge < -0.3 is 9.64 Å². The maximum absolute atomic E-state index is 6.29. The van der Waals surface area contributed by atoms with Crippen LogP contribution in [0.15, 0.2) is 41.4 Å². The first kappa shape index (κ1) is 16.7. The summed E-state index contributed by atoms with van der Waals surface area (Å²) in [7, 11) is 1.96. The van der Waals surface area contributed by atoms with Crippen molar-refractivity contribution in [1.29, 1.82) is 0 Å². The van der Waals surface area contributed by atoms with Crippen LogP contribution >= 0.6 is 23.2 Å². The van der Waals surface area contributed by atoms with Crippen molar-refractivity contribution in [1.82, 2.24) is 4.90 Å². The molecule has 0 saturated carbocycles. The Hall–Kier alpha value is -1.71. The number of aliphatic imine (C=N–C) groups is 1. The van der Waals surface area contributed by atoms with E-state index in [-0.39, 0.29) is 0 Å². The molecule has 0 N–H and O–H groups in total. The molecule has 0 heterocycles. The highest BCUT2D eigenvalue weighted by Crippen LogP contribution is 2.36. The Kier molecular flexibility index (Phi) is 5.69. The highest BCUT2D eigenvalue weighted by molar-refractivity contribution is 6.33. The monoisotopic (exact) mass is 336 g/mol. The summed E-state index contributed by atoms with van der Waals surface area (Å²) in [6.45, 7) is 4.89. The molecule has 0 amide bonds. The zero-order valence-corrected chi connectivity index (χ0v) is 14.3. The fourth-order valence-corrected chi connectivity index (χ4v) is 2.12. The van der Waals surface area contributed by atoms with Gasteiger partial charge in [0.05, 0.1) is 22.1 Å². The van der Waals surface area contributed by atoms with Gasteiger partial charge in [0.15, 0.2) is 0 Å². The minimum Gasteiger partial charge on any atom is -0.455 e. The van der Waals surface area contributed by atoms with E-state index in [4.69, 9.17) is 27.9 Å². The maximum Gasteiger partial charge on any atom is 0.146 e. The third-order valence-electron chi connectivity index (χ3n) is 3.19. The Morgan fingerprint density at radius 2 is 1.86 bits per heavy atom. The van der Waals surface area contributed by atoms with Crippen LogP contribution in [0.1, 0.15) is 12.5 Å². The van der Waals surface area contributed by atoms with Gasteiger partial charge in [0, 0.05) is 19.7 Å². The molecule has 0 aliphatic rings. The third kappa shape index (κ3) is 4.15. The molecule has 5 heteroatoms. The molecule has 0 spiro atoms. The molecule has 0 aliphatic carbocycles. The molecule has 2 aromatic carbocycles. The number of benzene rings is 2. The van der Waals surface area contributed by atoms with Crippen molar-refractivity contribution in [2.24, 2.45) is 4.99 Å². The fraction of sp³-hybridized carbons (Fsp3) is 0.235. The Morgan fingerprint density at radius 3 is 2.55 bits per heavy atom. The highest BCUT2D eigenvalue weighted by Gasteiger charge is 2.09. The van der Waals surface area contributed by atoms with Gasteiger partial charge in [-0.3, -0.25) is 0 Å². The summed E-state index contributed by atoms with van der Waals surface area (Å²) in [5.41, 5.74) is 1.65. The molecule has 0 saturated heterocycles. The number of para-hydroxylation sites is 1. The second kappa shape index (κ2) is 7.52. The van der Waals surface area contributed by atoms with Crippen LogP contribution < -0.4 is 4.74 Å². The summed E-state index contributed by atoms with van der Waals surface area (Å²) >= 11 is 12.4. The van der Waals surface area contributed by atoms with E-state index >= 15 is 0 Å². The average Bonchev–Trinajstić information content (AvgIpc) is 2.51. The maximum atomic E-state index is 6.29. The zero-order chi connectivity index (χ0) is 16.1. The predicted molar refractivity (Wildman–Crippen MR) is 94.2 cm³/mol. The SMILES string of the molecule is CCN(C)/C=N\c1cc(C)c(Oc2ccccc2Cl)cc1Cl. The summed E-state index contributed by atoms with van der Waals surface area (Å²) in [6, 6.07) is 11.0. The van der Waals surface area contributed by atoms with Crippen molar-refractivity contribution in [3.8, 4) is 11.5 Å². The van der Waals surface area contributed by atoms with Gasteiger partial charge in [0.2, 0.25) is 0 Å². The average molecular weight is 337 g/mol. The third-order valence-corrected chi connectivity index (χ3v) is 3.81. The van der Waals surface area contributed by atoms with Crippen LogP contribution in [0.3, 0.4) is 0 Å². The first-order valence-corrected chi connectivity index (χ1v) is 7.73. The smallest absolute Gasteiger partial charge is 0.146 e. The molecular weight excluding hydrogens is 319 g/mol. The lowest BCUT2D eigenvalue weighted by Crippen LogP contribution is -2.14. The van der Waals surface area contributed by atoms with Crippen LogP contribution in [0.25, 0.3) is 0 Å². The van der Waals surface area contributed by atoms with E-state index in [9.17, 15) is 0 Å². The normalized spacial score (nSPS) is 11.0. The van der Waals surface area contributed by atoms with E-state index in [0.717, 1.165) is 12.1 Å². The lowest BCUT2D eigenvalue weighted by atomic mass is 10.2. The van der Waals surface area contributed by atoms with Crippen LogP contribution in [0, 0.1) is 6.92 Å². The minimum atomic E-state index is 0.536. The van der Waals surface area contributed by atoms with Gasteiger partial charge in [-0.25, -0.2) is 4.99 Å². The summed E-state index contributed by atoms with van der Waals surface area (Å²) in [5, 5.41) is 1.10. The molecule has 0 aromatic heterocycles. The standard InChI is InChI=1S/C17H18Cl2N2O/c1-4-21(3)11-20-15-9-12(2)17(10-14(15)19)22-16-8-6-5-7-13(16)18/h5-11H,4H2,1-3H3/b20-11-. The Balaban J connectivity index is 2.27. The quantitative estimate of drug-likeness (QED) is 0.516. The van der Waals surface area contributed by atoms with Crippen molar-refractivity contribution >= 4 is 35.2 Å². The first-order chi connectivity index (χ1) is 10.5. The largest absolute Gasteiger partial charge is 0.455 e. The molecule has 0 atom stereocenters. The summed E-state index contributed by atoms with van der Waals surface area (Å²) in [5.74, 6) is 1.27. The van der Waals surface area contributed by atoms with Gasteiger partial charge in [-0.1, -0.05) is 35.3 Å². The van der Waals surface area contributed by atoms with Gasteiger partial charge >= 0.3 is 0 Å². The Bertz CT molecular complexity index is 686. The zero-order valence-electron chi connectivity index (χ0n) is 12.8. The second-order valence-electron chi connectivity index (χ2n) is 4.92. The number of hydrogen-bond donors (Lipinski definition) is 0. The van der Waals surface area contributed by atoms with E-state index in [2.05, 4.69) is 11.9 Å². The van der Waals surface area contributed by atoms with Crippen molar-refractivity contribution in [2.45, 2.75) is 13.8 Å². The molecule has 2 rings (SSSR count). The molecular formula is C17H18Cl2N2O. The molecule has 116 valence electrons. The number of rotatable bonds is 5. The fourth-order valence-electron chi connectivity index (χ4n) is 1.75. The topological polar surface area (TPSA) is 24.8 Å². The van der Waals surface area contributed by atoms with Gasteiger partial charge in [0.1, 0.15) is 11.5 Å². The summed E-state index contributed by atoms with van der Waals surface area (Å²) < 4.78 is 5.84. The summed E-state index contributed by atoms with van der Waals surface area (Å²) in [4.78, 5) is 6.36. The van der Waals surface area contributed by atoms with Gasteiger partial charge in [-0.05, 0) is 37.6 Å². The van der Waals surface area contributed by atoms with E-state index in [1.165, 1.54) is 0 Å². The Morgan fingerprint density at radius 1 is 1.14 bits per heavy atom. The van der Waals surface area contributed by atoms with Crippen molar-refractivity contribution in [3.05, 3.63) is 52.0 Å². The lowest BCUT2D eigenvalue weighted by molar-refractivity contribution is 0.479. The van der Waals surface area contributed by atoms with Gasteiger partial charge in [-0.2, -0.15) is 0 Å². The highest BCUT2D eigenvalue weighted by atomic mass is 35.5. The van der Waals surface area contributed by atoms with Crippen LogP contribution in [0.5, 0.6) is 11.5 Å². The number of halogens is 2. The van der Waals surface area contributed by atoms with Crippen LogP contribution in [-0.4, -0.2) is 24.8 Å². The van der Waals surface area contributed by atoms with Gasteiger partial charge in [0.25, 0.3) is 0 Å². The number of nitrogens with zero attached hydrogens (tertiary/aromatic N) is 2. The van der Waals surface area contributed by atoms with Crippen LogP contribution in [0.2, 0.25) is 10.0 Å². The second-order valence-corrected chi connectivity index (χ2v) is 5.73. The van der Waals surface area contributed by atoms with E-state index in [1.54, 1.807) is 18.5 Å². The van der Waals surface area contributed by atoms with Crippen LogP contribution in [0.4, 0.5) is 5.69 Å². The predicted octanol–water partition coefficient (Wildman–Crippen LogP) is 5.71. The van der Waals surface area contributed by atoms with Crippen molar-refractivity contribution in [2.75, 3.05) is 13.6 Å².